The largest absolute Gasteiger partial charge is 0.370 e. The molecule has 1 aromatic rings. The fourth-order valence-corrected chi connectivity index (χ4v) is 1.60. The van der Waals surface area contributed by atoms with Gasteiger partial charge in [-0.3, -0.25) is 4.79 Å². The monoisotopic (exact) mass is 258 g/mol. The fourth-order valence-electron chi connectivity index (χ4n) is 1.44. The maximum atomic E-state index is 13.3. The van der Waals surface area contributed by atoms with Crippen molar-refractivity contribution in [1.82, 2.24) is 5.32 Å². The number of benzene rings is 1. The first kappa shape index (κ1) is 13.9. The van der Waals surface area contributed by atoms with E-state index in [1.165, 1.54) is 6.07 Å². The number of nitrogens with one attached hydrogen (secondary N) is 1. The van der Waals surface area contributed by atoms with Gasteiger partial charge in [-0.1, -0.05) is 17.7 Å². The average molecular weight is 259 g/mol. The van der Waals surface area contributed by atoms with Gasteiger partial charge in [0.2, 0.25) is 5.91 Å². The Labute approximate surface area is 105 Å². The Kier molecular flexibility index (Phi) is 5.94. The summed E-state index contributed by atoms with van der Waals surface area (Å²) >= 11 is 5.64. The van der Waals surface area contributed by atoms with Crippen LogP contribution in [0.2, 0.25) is 5.02 Å². The number of hydrogen-bond acceptors (Lipinski definition) is 2. The number of carbonyl (C=O) groups is 1. The molecule has 0 radical (unpaired) electrons. The van der Waals surface area contributed by atoms with Gasteiger partial charge < -0.3 is 11.1 Å². The van der Waals surface area contributed by atoms with Crippen molar-refractivity contribution in [3.8, 4) is 0 Å². The summed E-state index contributed by atoms with van der Waals surface area (Å²) in [6.07, 6.45) is 2.00. The van der Waals surface area contributed by atoms with Crippen molar-refractivity contribution in [1.29, 1.82) is 0 Å². The SMILES string of the molecule is NC(=O)CCCCNCc1ccc(Cl)cc1F. The highest BCUT2D eigenvalue weighted by Gasteiger charge is 2.02. The van der Waals surface area contributed by atoms with Gasteiger partial charge in [0, 0.05) is 23.6 Å². The maximum absolute atomic E-state index is 13.3. The molecule has 1 rings (SSSR count). The van der Waals surface area contributed by atoms with E-state index in [9.17, 15) is 9.18 Å². The first-order valence-corrected chi connectivity index (χ1v) is 5.90. The number of hydrogen-bond donors (Lipinski definition) is 2. The molecule has 1 amide bonds. The lowest BCUT2D eigenvalue weighted by Gasteiger charge is -2.05. The molecular weight excluding hydrogens is 243 g/mol. The van der Waals surface area contributed by atoms with E-state index >= 15 is 0 Å². The highest BCUT2D eigenvalue weighted by molar-refractivity contribution is 6.30. The standard InChI is InChI=1S/C12H16ClFN2O/c13-10-5-4-9(11(14)7-10)8-16-6-2-1-3-12(15)17/h4-5,7,16H,1-3,6,8H2,(H2,15,17). The summed E-state index contributed by atoms with van der Waals surface area (Å²) in [6.45, 7) is 1.19. The van der Waals surface area contributed by atoms with Crippen molar-refractivity contribution in [3.05, 3.63) is 34.6 Å². The third-order valence-corrected chi connectivity index (χ3v) is 2.59. The molecular formula is C12H16ClFN2O. The molecule has 0 heterocycles. The van der Waals surface area contributed by atoms with Crippen LogP contribution in [0.4, 0.5) is 4.39 Å². The van der Waals surface area contributed by atoms with Crippen LogP contribution in [0.25, 0.3) is 0 Å². The molecule has 1 aromatic carbocycles. The number of carbonyl (C=O) groups excluding carboxylic acids is 1. The molecule has 0 bridgehead atoms. The summed E-state index contributed by atoms with van der Waals surface area (Å²) in [6, 6.07) is 4.62. The van der Waals surface area contributed by atoms with E-state index in [1.807, 2.05) is 0 Å². The van der Waals surface area contributed by atoms with Crippen LogP contribution in [0.1, 0.15) is 24.8 Å². The number of nitrogens with two attached hydrogens (primary N) is 1. The van der Waals surface area contributed by atoms with Crippen LogP contribution in [-0.4, -0.2) is 12.5 Å². The van der Waals surface area contributed by atoms with E-state index in [1.54, 1.807) is 12.1 Å². The van der Waals surface area contributed by atoms with E-state index in [2.05, 4.69) is 5.32 Å². The fraction of sp³-hybridized carbons (Fsp3) is 0.417. The molecule has 0 aliphatic rings. The summed E-state index contributed by atoms with van der Waals surface area (Å²) in [7, 11) is 0. The molecule has 17 heavy (non-hydrogen) atoms. The second-order valence-corrected chi connectivity index (χ2v) is 4.27. The molecule has 0 aromatic heterocycles. The molecule has 0 saturated heterocycles. The van der Waals surface area contributed by atoms with Crippen LogP contribution in [0, 0.1) is 5.82 Å². The molecule has 3 N–H and O–H groups in total. The molecule has 0 unspecified atom stereocenters. The van der Waals surface area contributed by atoms with Crippen LogP contribution in [0.15, 0.2) is 18.2 Å². The Morgan fingerprint density at radius 1 is 1.41 bits per heavy atom. The predicted octanol–water partition coefficient (Wildman–Crippen LogP) is 2.22. The highest BCUT2D eigenvalue weighted by atomic mass is 35.5. The van der Waals surface area contributed by atoms with E-state index in [0.717, 1.165) is 19.4 Å². The minimum atomic E-state index is -0.304. The van der Waals surface area contributed by atoms with Gasteiger partial charge in [-0.25, -0.2) is 4.39 Å². The van der Waals surface area contributed by atoms with Gasteiger partial charge in [-0.05, 0) is 31.5 Å². The smallest absolute Gasteiger partial charge is 0.217 e. The minimum absolute atomic E-state index is 0.284. The first-order chi connectivity index (χ1) is 8.09. The maximum Gasteiger partial charge on any atom is 0.217 e. The van der Waals surface area contributed by atoms with E-state index in [4.69, 9.17) is 17.3 Å². The topological polar surface area (TPSA) is 55.1 Å². The Hall–Kier alpha value is -1.13. The summed E-state index contributed by atoms with van der Waals surface area (Å²) in [4.78, 5) is 10.5. The van der Waals surface area contributed by atoms with Crippen molar-refractivity contribution in [2.75, 3.05) is 6.54 Å². The number of halogens is 2. The Morgan fingerprint density at radius 3 is 2.82 bits per heavy atom. The van der Waals surface area contributed by atoms with Gasteiger partial charge in [0.15, 0.2) is 0 Å². The summed E-state index contributed by atoms with van der Waals surface area (Å²) < 4.78 is 13.3. The molecule has 0 saturated carbocycles. The highest BCUT2D eigenvalue weighted by Crippen LogP contribution is 2.14. The lowest BCUT2D eigenvalue weighted by atomic mass is 10.2. The Balaban J connectivity index is 2.20. The lowest BCUT2D eigenvalue weighted by Crippen LogP contribution is -2.16. The molecule has 5 heteroatoms. The first-order valence-electron chi connectivity index (χ1n) is 5.52. The van der Waals surface area contributed by atoms with Crippen LogP contribution >= 0.6 is 11.6 Å². The molecule has 94 valence electrons. The summed E-state index contributed by atoms with van der Waals surface area (Å²) in [5, 5.41) is 3.50. The van der Waals surface area contributed by atoms with E-state index in [0.29, 0.717) is 23.6 Å². The Morgan fingerprint density at radius 2 is 2.18 bits per heavy atom. The van der Waals surface area contributed by atoms with Gasteiger partial charge in [0.1, 0.15) is 5.82 Å². The van der Waals surface area contributed by atoms with Crippen molar-refractivity contribution < 1.29 is 9.18 Å². The van der Waals surface area contributed by atoms with Gasteiger partial charge in [-0.2, -0.15) is 0 Å². The van der Waals surface area contributed by atoms with Crippen molar-refractivity contribution in [2.24, 2.45) is 5.73 Å². The van der Waals surface area contributed by atoms with Crippen LogP contribution < -0.4 is 11.1 Å². The quantitative estimate of drug-likeness (QED) is 0.737. The Bertz CT molecular complexity index is 385. The summed E-state index contributed by atoms with van der Waals surface area (Å²) in [5.74, 6) is -0.587. The third kappa shape index (κ3) is 5.65. The predicted molar refractivity (Wildman–Crippen MR) is 66.2 cm³/mol. The zero-order chi connectivity index (χ0) is 12.7. The van der Waals surface area contributed by atoms with Crippen LogP contribution in [0.3, 0.4) is 0 Å². The number of rotatable bonds is 7. The van der Waals surface area contributed by atoms with E-state index < -0.39 is 0 Å². The zero-order valence-electron chi connectivity index (χ0n) is 9.51. The minimum Gasteiger partial charge on any atom is -0.370 e. The molecule has 0 atom stereocenters. The van der Waals surface area contributed by atoms with Crippen molar-refractivity contribution >= 4 is 17.5 Å². The van der Waals surface area contributed by atoms with Crippen LogP contribution in [-0.2, 0) is 11.3 Å². The molecule has 3 nitrogen and oxygen atoms in total. The number of amides is 1. The normalized spacial score (nSPS) is 10.5. The molecule has 0 fully saturated rings. The van der Waals surface area contributed by atoms with Gasteiger partial charge >= 0.3 is 0 Å². The third-order valence-electron chi connectivity index (χ3n) is 2.36. The van der Waals surface area contributed by atoms with Crippen molar-refractivity contribution in [2.45, 2.75) is 25.8 Å². The lowest BCUT2D eigenvalue weighted by molar-refractivity contribution is -0.118. The molecule has 0 spiro atoms. The molecule has 0 aliphatic heterocycles. The second-order valence-electron chi connectivity index (χ2n) is 3.84. The van der Waals surface area contributed by atoms with Crippen LogP contribution in [0.5, 0.6) is 0 Å². The zero-order valence-corrected chi connectivity index (χ0v) is 10.3. The average Bonchev–Trinajstić information content (AvgIpc) is 2.25. The van der Waals surface area contributed by atoms with Gasteiger partial charge in [-0.15, -0.1) is 0 Å². The second kappa shape index (κ2) is 7.25. The van der Waals surface area contributed by atoms with Gasteiger partial charge in [0.05, 0.1) is 0 Å². The summed E-state index contributed by atoms with van der Waals surface area (Å²) in [5.41, 5.74) is 5.60. The van der Waals surface area contributed by atoms with Gasteiger partial charge in [0.25, 0.3) is 0 Å². The molecule has 0 aliphatic carbocycles. The number of primary amides is 1. The van der Waals surface area contributed by atoms with Crippen molar-refractivity contribution in [3.63, 3.8) is 0 Å². The number of unbranched alkanes of at least 4 members (excludes halogenated alkanes) is 1. The van der Waals surface area contributed by atoms with E-state index in [-0.39, 0.29) is 11.7 Å².